The third kappa shape index (κ3) is 4.69. The first-order chi connectivity index (χ1) is 12.0. The van der Waals surface area contributed by atoms with Crippen molar-refractivity contribution in [3.05, 3.63) is 47.5 Å². The van der Waals surface area contributed by atoms with Crippen LogP contribution in [0.1, 0.15) is 11.4 Å². The molecule has 1 amide bonds. The van der Waals surface area contributed by atoms with Crippen molar-refractivity contribution in [3.63, 3.8) is 0 Å². The van der Waals surface area contributed by atoms with Crippen LogP contribution in [-0.4, -0.2) is 52.7 Å². The van der Waals surface area contributed by atoms with Crippen molar-refractivity contribution in [1.82, 2.24) is 14.9 Å². The van der Waals surface area contributed by atoms with Gasteiger partial charge in [0.15, 0.2) is 5.16 Å². The summed E-state index contributed by atoms with van der Waals surface area (Å²) >= 11 is 1.38. The predicted molar refractivity (Wildman–Crippen MR) is 97.4 cm³/mol. The quantitative estimate of drug-likeness (QED) is 0.620. The number of anilines is 1. The molecule has 1 aliphatic heterocycles. The van der Waals surface area contributed by atoms with Gasteiger partial charge < -0.3 is 9.80 Å². The number of amides is 1. The number of aromatic nitrogens is 2. The molecule has 2 aromatic rings. The van der Waals surface area contributed by atoms with Crippen LogP contribution < -0.4 is 4.90 Å². The van der Waals surface area contributed by atoms with Crippen molar-refractivity contribution in [2.45, 2.75) is 19.0 Å². The summed E-state index contributed by atoms with van der Waals surface area (Å²) in [4.78, 5) is 25.2. The zero-order chi connectivity index (χ0) is 17.8. The molecule has 1 aliphatic rings. The van der Waals surface area contributed by atoms with Gasteiger partial charge in [-0.1, -0.05) is 11.8 Å². The Morgan fingerprint density at radius 2 is 1.68 bits per heavy atom. The van der Waals surface area contributed by atoms with Crippen LogP contribution in [0.15, 0.2) is 35.5 Å². The van der Waals surface area contributed by atoms with Gasteiger partial charge >= 0.3 is 0 Å². The van der Waals surface area contributed by atoms with Crippen molar-refractivity contribution in [1.29, 1.82) is 0 Å². The molecular weight excluding hydrogens is 339 g/mol. The molecule has 132 valence electrons. The summed E-state index contributed by atoms with van der Waals surface area (Å²) in [5.74, 6) is 0.217. The number of carbonyl (C=O) groups excluding carboxylic acids is 1. The Bertz CT molecular complexity index is 725. The topological polar surface area (TPSA) is 49.3 Å². The molecule has 1 aromatic carbocycles. The van der Waals surface area contributed by atoms with E-state index >= 15 is 0 Å². The number of thioether (sulfide) groups is 1. The van der Waals surface area contributed by atoms with Crippen LogP contribution in [0.4, 0.5) is 10.1 Å². The van der Waals surface area contributed by atoms with Gasteiger partial charge in [0.1, 0.15) is 5.82 Å². The number of nitrogens with zero attached hydrogens (tertiary/aromatic N) is 4. The number of hydrogen-bond acceptors (Lipinski definition) is 5. The lowest BCUT2D eigenvalue weighted by atomic mass is 10.2. The zero-order valence-corrected chi connectivity index (χ0v) is 15.2. The molecule has 5 nitrogen and oxygen atoms in total. The predicted octanol–water partition coefficient (Wildman–Crippen LogP) is 2.67. The van der Waals surface area contributed by atoms with Crippen LogP contribution in [0.2, 0.25) is 0 Å². The second-order valence-electron chi connectivity index (χ2n) is 6.07. The third-order valence-electron chi connectivity index (χ3n) is 4.11. The van der Waals surface area contributed by atoms with Gasteiger partial charge in [-0.05, 0) is 44.2 Å². The molecular formula is C18H21FN4OS. The van der Waals surface area contributed by atoms with E-state index in [4.69, 9.17) is 0 Å². The summed E-state index contributed by atoms with van der Waals surface area (Å²) in [6, 6.07) is 8.40. The average molecular weight is 360 g/mol. The van der Waals surface area contributed by atoms with E-state index in [0.717, 1.165) is 30.2 Å². The fourth-order valence-corrected chi connectivity index (χ4v) is 3.69. The third-order valence-corrected chi connectivity index (χ3v) is 4.94. The van der Waals surface area contributed by atoms with Crippen LogP contribution >= 0.6 is 11.8 Å². The lowest BCUT2D eigenvalue weighted by Gasteiger charge is -2.36. The van der Waals surface area contributed by atoms with E-state index in [1.165, 1.54) is 23.9 Å². The smallest absolute Gasteiger partial charge is 0.233 e. The lowest BCUT2D eigenvalue weighted by molar-refractivity contribution is -0.128. The highest BCUT2D eigenvalue weighted by molar-refractivity contribution is 7.99. The van der Waals surface area contributed by atoms with E-state index in [0.29, 0.717) is 24.0 Å². The number of carbonyl (C=O) groups is 1. The molecule has 25 heavy (non-hydrogen) atoms. The monoisotopic (exact) mass is 360 g/mol. The summed E-state index contributed by atoms with van der Waals surface area (Å²) in [5, 5.41) is 0.649. The molecule has 0 spiro atoms. The molecule has 0 atom stereocenters. The minimum Gasteiger partial charge on any atom is -0.368 e. The van der Waals surface area contributed by atoms with Crippen molar-refractivity contribution in [2.75, 3.05) is 36.8 Å². The van der Waals surface area contributed by atoms with Gasteiger partial charge in [-0.3, -0.25) is 4.79 Å². The molecule has 3 rings (SSSR count). The molecule has 0 bridgehead atoms. The first-order valence-electron chi connectivity index (χ1n) is 8.24. The van der Waals surface area contributed by atoms with Gasteiger partial charge in [0.2, 0.25) is 5.91 Å². The SMILES string of the molecule is Cc1cc(C)nc(SCC(=O)N2CCN(c3ccc(F)cc3)CC2)n1. The highest BCUT2D eigenvalue weighted by Gasteiger charge is 2.21. The molecule has 2 heterocycles. The zero-order valence-electron chi connectivity index (χ0n) is 14.4. The van der Waals surface area contributed by atoms with E-state index in [2.05, 4.69) is 14.9 Å². The van der Waals surface area contributed by atoms with Gasteiger partial charge in [0.05, 0.1) is 5.75 Å². The lowest BCUT2D eigenvalue weighted by Crippen LogP contribution is -2.49. The summed E-state index contributed by atoms with van der Waals surface area (Å²) in [7, 11) is 0. The molecule has 0 aliphatic carbocycles. The van der Waals surface area contributed by atoms with Gasteiger partial charge in [-0.25, -0.2) is 14.4 Å². The van der Waals surface area contributed by atoms with E-state index < -0.39 is 0 Å². The van der Waals surface area contributed by atoms with Crippen LogP contribution in [0.5, 0.6) is 0 Å². The molecule has 0 saturated carbocycles. The van der Waals surface area contributed by atoms with Gasteiger partial charge in [-0.15, -0.1) is 0 Å². The Balaban J connectivity index is 1.50. The van der Waals surface area contributed by atoms with Crippen molar-refractivity contribution in [3.8, 4) is 0 Å². The van der Waals surface area contributed by atoms with E-state index in [1.54, 1.807) is 12.1 Å². The van der Waals surface area contributed by atoms with Crippen LogP contribution in [-0.2, 0) is 4.79 Å². The number of hydrogen-bond donors (Lipinski definition) is 0. The van der Waals surface area contributed by atoms with E-state index in [-0.39, 0.29) is 11.7 Å². The maximum atomic E-state index is 13.0. The van der Waals surface area contributed by atoms with E-state index in [9.17, 15) is 9.18 Å². The Kier molecular flexibility index (Phi) is 5.53. The number of piperazine rings is 1. The summed E-state index contributed by atoms with van der Waals surface area (Å²) in [5.41, 5.74) is 2.82. The van der Waals surface area contributed by atoms with Crippen molar-refractivity contribution >= 4 is 23.4 Å². The molecule has 7 heteroatoms. The number of rotatable bonds is 4. The highest BCUT2D eigenvalue weighted by atomic mass is 32.2. The highest BCUT2D eigenvalue weighted by Crippen LogP contribution is 2.19. The molecule has 1 fully saturated rings. The fraction of sp³-hybridized carbons (Fsp3) is 0.389. The Labute approximate surface area is 151 Å². The normalized spacial score (nSPS) is 14.7. The Morgan fingerprint density at radius 3 is 2.28 bits per heavy atom. The average Bonchev–Trinajstić information content (AvgIpc) is 2.60. The Morgan fingerprint density at radius 1 is 1.08 bits per heavy atom. The standard InChI is InChI=1S/C18H21FN4OS/c1-13-11-14(2)21-18(20-13)25-12-17(24)23-9-7-22(8-10-23)16-5-3-15(19)4-6-16/h3-6,11H,7-10,12H2,1-2H3. The fourth-order valence-electron chi connectivity index (χ4n) is 2.84. The second kappa shape index (κ2) is 7.82. The minimum atomic E-state index is -0.233. The second-order valence-corrected chi connectivity index (χ2v) is 7.01. The molecule has 0 radical (unpaired) electrons. The molecule has 0 unspecified atom stereocenters. The minimum absolute atomic E-state index is 0.103. The summed E-state index contributed by atoms with van der Waals surface area (Å²) in [6.07, 6.45) is 0. The van der Waals surface area contributed by atoms with E-state index in [1.807, 2.05) is 24.8 Å². The van der Waals surface area contributed by atoms with Gasteiger partial charge in [0, 0.05) is 43.3 Å². The molecule has 1 aromatic heterocycles. The van der Waals surface area contributed by atoms with Crippen LogP contribution in [0, 0.1) is 19.7 Å². The van der Waals surface area contributed by atoms with Crippen LogP contribution in [0.3, 0.4) is 0 Å². The maximum absolute atomic E-state index is 13.0. The van der Waals surface area contributed by atoms with Gasteiger partial charge in [-0.2, -0.15) is 0 Å². The summed E-state index contributed by atoms with van der Waals surface area (Å²) in [6.45, 7) is 6.70. The number of aryl methyl sites for hydroxylation is 2. The van der Waals surface area contributed by atoms with Gasteiger partial charge in [0.25, 0.3) is 0 Å². The maximum Gasteiger partial charge on any atom is 0.233 e. The first-order valence-corrected chi connectivity index (χ1v) is 9.23. The van der Waals surface area contributed by atoms with Crippen molar-refractivity contribution < 1.29 is 9.18 Å². The Hall–Kier alpha value is -2.15. The molecule has 1 saturated heterocycles. The summed E-state index contributed by atoms with van der Waals surface area (Å²) < 4.78 is 13.0. The van der Waals surface area contributed by atoms with Crippen LogP contribution in [0.25, 0.3) is 0 Å². The number of benzene rings is 1. The number of halogens is 1. The largest absolute Gasteiger partial charge is 0.368 e. The molecule has 0 N–H and O–H groups in total. The first kappa shape index (κ1) is 17.7. The van der Waals surface area contributed by atoms with Crippen molar-refractivity contribution in [2.24, 2.45) is 0 Å².